The molecule has 0 aromatic heterocycles. The van der Waals surface area contributed by atoms with Crippen molar-refractivity contribution in [1.82, 2.24) is 0 Å². The van der Waals surface area contributed by atoms with E-state index in [9.17, 15) is 24.8 Å². The summed E-state index contributed by atoms with van der Waals surface area (Å²) in [5.74, 6) is 0. The van der Waals surface area contributed by atoms with Crippen LogP contribution in [0.25, 0.3) is 0 Å². The first-order valence-electron chi connectivity index (χ1n) is 7.98. The number of ether oxygens (including phenoxy) is 1. The molecule has 3 unspecified atom stereocenters. The fraction of sp³-hybridized carbons (Fsp3) is 1.00. The lowest BCUT2D eigenvalue weighted by molar-refractivity contribution is -0.0540. The highest BCUT2D eigenvalue weighted by molar-refractivity contribution is 7.54. The van der Waals surface area contributed by atoms with Crippen LogP contribution in [0.3, 0.4) is 0 Å². The van der Waals surface area contributed by atoms with Crippen molar-refractivity contribution >= 4 is 15.4 Å². The summed E-state index contributed by atoms with van der Waals surface area (Å²) in [5, 5.41) is 27.9. The molecular weight excluding hydrogens is 322 g/mol. The maximum Gasteiger partial charge on any atom is 0.359 e. The van der Waals surface area contributed by atoms with Gasteiger partial charge in [0.25, 0.3) is 0 Å². The van der Waals surface area contributed by atoms with E-state index >= 15 is 0 Å². The second kappa shape index (κ2) is 7.52. The topological polar surface area (TPSA) is 116 Å². The molecule has 6 atom stereocenters. The summed E-state index contributed by atoms with van der Waals surface area (Å²) >= 11 is 0. The second-order valence-electron chi connectivity index (χ2n) is 6.40. The van der Waals surface area contributed by atoms with Crippen molar-refractivity contribution < 1.29 is 34.0 Å². The predicted molar refractivity (Wildman–Crippen MR) is 86.2 cm³/mol. The number of rotatable bonds is 8. The fourth-order valence-electron chi connectivity index (χ4n) is 2.58. The molecule has 9 heteroatoms. The van der Waals surface area contributed by atoms with E-state index in [1.807, 2.05) is 0 Å². The summed E-state index contributed by atoms with van der Waals surface area (Å²) in [6.45, 7) is 6.40. The minimum absolute atomic E-state index is 0.0520. The monoisotopic (exact) mass is 350 g/mol. The van der Waals surface area contributed by atoms with E-state index in [4.69, 9.17) is 17.1 Å². The molecule has 0 spiro atoms. The van der Waals surface area contributed by atoms with Gasteiger partial charge < -0.3 is 24.9 Å². The maximum absolute atomic E-state index is 12.5. The van der Waals surface area contributed by atoms with Crippen LogP contribution in [0.2, 0.25) is 0 Å². The fourth-order valence-corrected chi connectivity index (χ4v) is 4.03. The molecule has 1 aliphatic rings. The number of hydrogen-bond acceptors (Lipinski definition) is 6. The molecule has 4 N–H and O–H groups in total. The minimum Gasteiger partial charge on any atom is -0.388 e. The van der Waals surface area contributed by atoms with Crippen LogP contribution in [0.4, 0.5) is 0 Å². The van der Waals surface area contributed by atoms with E-state index < -0.39 is 42.9 Å². The molecule has 0 aliphatic carbocycles. The molecule has 23 heavy (non-hydrogen) atoms. The Hall–Kier alpha value is 0.0549. The zero-order valence-electron chi connectivity index (χ0n) is 14.2. The van der Waals surface area contributed by atoms with Gasteiger partial charge in [-0.05, 0) is 26.2 Å². The molecule has 0 aromatic carbocycles. The summed E-state index contributed by atoms with van der Waals surface area (Å²) in [5.41, 5.74) is -1.08. The first kappa shape index (κ1) is 21.1. The van der Waals surface area contributed by atoms with Crippen molar-refractivity contribution in [3.05, 3.63) is 0 Å². The van der Waals surface area contributed by atoms with Gasteiger partial charge in [-0.15, -0.1) is 0 Å². The molecule has 0 saturated carbocycles. The molecular formula is C14H28BO7P. The SMILES string of the molecule is [B][C@@H]1O[C@H](CC(CC)(CC)OP(=O)(O)C(C)(O)CC)C(O)[C@@H]1O. The summed E-state index contributed by atoms with van der Waals surface area (Å²) < 4.78 is 23.3. The van der Waals surface area contributed by atoms with Crippen LogP contribution in [-0.4, -0.2) is 63.3 Å². The number of aliphatic hydroxyl groups excluding tert-OH is 2. The highest BCUT2D eigenvalue weighted by Crippen LogP contribution is 2.59. The molecule has 0 amide bonds. The van der Waals surface area contributed by atoms with Gasteiger partial charge in [-0.25, -0.2) is 0 Å². The van der Waals surface area contributed by atoms with Crippen molar-refractivity contribution in [1.29, 1.82) is 0 Å². The number of hydrogen-bond donors (Lipinski definition) is 4. The van der Waals surface area contributed by atoms with Crippen molar-refractivity contribution in [2.75, 3.05) is 0 Å². The molecule has 134 valence electrons. The second-order valence-corrected chi connectivity index (χ2v) is 8.58. The van der Waals surface area contributed by atoms with E-state index in [0.717, 1.165) is 0 Å². The minimum atomic E-state index is -4.33. The Bertz CT molecular complexity index is 441. The molecule has 1 heterocycles. The lowest BCUT2D eigenvalue weighted by Gasteiger charge is -2.39. The van der Waals surface area contributed by atoms with Crippen LogP contribution >= 0.6 is 7.60 Å². The third kappa shape index (κ3) is 4.37. The van der Waals surface area contributed by atoms with E-state index in [2.05, 4.69) is 0 Å². The number of aliphatic hydroxyl groups is 3. The van der Waals surface area contributed by atoms with E-state index in [1.54, 1.807) is 20.8 Å². The molecule has 7 nitrogen and oxygen atoms in total. The predicted octanol–water partition coefficient (Wildman–Crippen LogP) is 0.871. The normalized spacial score (nSPS) is 34.1. The summed E-state index contributed by atoms with van der Waals surface area (Å²) in [4.78, 5) is 10.2. The Morgan fingerprint density at radius 3 is 2.04 bits per heavy atom. The molecule has 1 rings (SSSR count). The lowest BCUT2D eigenvalue weighted by atomic mass is 9.87. The highest BCUT2D eigenvalue weighted by Gasteiger charge is 2.50. The smallest absolute Gasteiger partial charge is 0.359 e. The Morgan fingerprint density at radius 1 is 1.17 bits per heavy atom. The Kier molecular flexibility index (Phi) is 6.90. The molecule has 1 saturated heterocycles. The molecule has 1 fully saturated rings. The molecule has 0 aromatic rings. The van der Waals surface area contributed by atoms with Gasteiger partial charge in [0.2, 0.25) is 0 Å². The van der Waals surface area contributed by atoms with E-state index in [-0.39, 0.29) is 12.8 Å². The maximum atomic E-state index is 12.5. The van der Waals surface area contributed by atoms with Crippen molar-refractivity contribution in [2.24, 2.45) is 0 Å². The van der Waals surface area contributed by atoms with Crippen molar-refractivity contribution in [2.45, 2.75) is 88.6 Å². The lowest BCUT2D eigenvalue weighted by Crippen LogP contribution is -2.41. The third-order valence-electron chi connectivity index (χ3n) is 4.86. The van der Waals surface area contributed by atoms with E-state index in [1.165, 1.54) is 6.92 Å². The summed E-state index contributed by atoms with van der Waals surface area (Å²) in [7, 11) is 1.23. The average Bonchev–Trinajstić information content (AvgIpc) is 2.73. The molecule has 2 radical (unpaired) electrons. The van der Waals surface area contributed by atoms with Crippen LogP contribution in [0, 0.1) is 0 Å². The van der Waals surface area contributed by atoms with Gasteiger partial charge in [0.1, 0.15) is 14.0 Å². The van der Waals surface area contributed by atoms with Crippen LogP contribution in [0.15, 0.2) is 0 Å². The zero-order valence-corrected chi connectivity index (χ0v) is 15.1. The average molecular weight is 350 g/mol. The quantitative estimate of drug-likeness (QED) is 0.379. The third-order valence-corrected chi connectivity index (χ3v) is 7.03. The first-order valence-corrected chi connectivity index (χ1v) is 9.56. The standard InChI is InChI=1S/C14H28BO7P/c1-5-13(4,18)23(19,20)22-14(6-2,7-3)8-9-10(16)11(17)12(15)21-9/h9-12,16-18H,5-8H2,1-4H3,(H,19,20)/t9-,10?,11+,12-,13?/m1/s1. The molecule has 1 aliphatic heterocycles. The van der Waals surface area contributed by atoms with Gasteiger partial charge in [-0.1, -0.05) is 20.8 Å². The van der Waals surface area contributed by atoms with Crippen molar-refractivity contribution in [3.8, 4) is 0 Å². The van der Waals surface area contributed by atoms with Gasteiger partial charge in [0, 0.05) is 12.4 Å². The first-order chi connectivity index (χ1) is 10.4. The largest absolute Gasteiger partial charge is 0.388 e. The summed E-state index contributed by atoms with van der Waals surface area (Å²) in [6, 6.07) is -1.01. The highest BCUT2D eigenvalue weighted by atomic mass is 31.2. The van der Waals surface area contributed by atoms with Gasteiger partial charge in [0.15, 0.2) is 5.34 Å². The van der Waals surface area contributed by atoms with Crippen LogP contribution < -0.4 is 0 Å². The van der Waals surface area contributed by atoms with Gasteiger partial charge >= 0.3 is 7.60 Å². The van der Waals surface area contributed by atoms with Crippen molar-refractivity contribution in [3.63, 3.8) is 0 Å². The van der Waals surface area contributed by atoms with Crippen LogP contribution in [0.5, 0.6) is 0 Å². The van der Waals surface area contributed by atoms with Gasteiger partial charge in [-0.3, -0.25) is 9.09 Å². The van der Waals surface area contributed by atoms with Crippen LogP contribution in [0.1, 0.15) is 53.4 Å². The Balaban J connectivity index is 2.98. The molecule has 0 bridgehead atoms. The van der Waals surface area contributed by atoms with Crippen LogP contribution in [-0.2, 0) is 13.8 Å². The van der Waals surface area contributed by atoms with E-state index in [0.29, 0.717) is 12.8 Å². The Morgan fingerprint density at radius 2 is 1.70 bits per heavy atom. The van der Waals surface area contributed by atoms with Gasteiger partial charge in [-0.2, -0.15) is 0 Å². The van der Waals surface area contributed by atoms with Gasteiger partial charge in [0.05, 0.1) is 17.8 Å². The zero-order chi connectivity index (χ0) is 18.1. The summed E-state index contributed by atoms with van der Waals surface area (Å²) in [6.07, 6.45) is -2.36. The Labute approximate surface area is 138 Å².